The summed E-state index contributed by atoms with van der Waals surface area (Å²) in [5.74, 6) is 0. The fourth-order valence-corrected chi connectivity index (χ4v) is 2.68. The lowest BCUT2D eigenvalue weighted by Crippen LogP contribution is -2.04. The van der Waals surface area contributed by atoms with Crippen LogP contribution in [0.3, 0.4) is 0 Å². The van der Waals surface area contributed by atoms with Crippen molar-refractivity contribution in [2.24, 2.45) is 0 Å². The van der Waals surface area contributed by atoms with E-state index in [-0.39, 0.29) is 0 Å². The van der Waals surface area contributed by atoms with Gasteiger partial charge in [-0.1, -0.05) is 38.5 Å². The van der Waals surface area contributed by atoms with Gasteiger partial charge >= 0.3 is 0 Å². The van der Waals surface area contributed by atoms with Crippen molar-refractivity contribution in [2.45, 2.75) is 39.7 Å². The second-order valence-corrected chi connectivity index (χ2v) is 4.91. The van der Waals surface area contributed by atoms with Crippen LogP contribution in [0.25, 0.3) is 21.8 Å². The number of aryl methyl sites for hydroxylation is 2. The summed E-state index contributed by atoms with van der Waals surface area (Å²) in [5.41, 5.74) is 3.41. The predicted octanol–water partition coefficient (Wildman–Crippen LogP) is 3.95. The fraction of sp³-hybridized carbons (Fsp3) is 0.375. The number of benzene rings is 1. The SMILES string of the molecule is CCCCn1nc2cnc3ccccc3c2c1CC. The molecule has 0 N–H and O–H groups in total. The molecule has 0 fully saturated rings. The molecule has 0 aliphatic rings. The first-order chi connectivity index (χ1) is 9.35. The zero-order valence-corrected chi connectivity index (χ0v) is 11.6. The smallest absolute Gasteiger partial charge is 0.112 e. The average molecular weight is 253 g/mol. The molecule has 0 amide bonds. The van der Waals surface area contributed by atoms with E-state index in [1.54, 1.807) is 0 Å². The highest BCUT2D eigenvalue weighted by Gasteiger charge is 2.12. The lowest BCUT2D eigenvalue weighted by atomic mass is 10.1. The molecule has 0 radical (unpaired) electrons. The van der Waals surface area contributed by atoms with Gasteiger partial charge in [0, 0.05) is 23.0 Å². The van der Waals surface area contributed by atoms with Crippen molar-refractivity contribution in [1.82, 2.24) is 14.8 Å². The van der Waals surface area contributed by atoms with E-state index in [4.69, 9.17) is 5.10 Å². The predicted molar refractivity (Wildman–Crippen MR) is 79.3 cm³/mol. The Morgan fingerprint density at radius 3 is 2.74 bits per heavy atom. The van der Waals surface area contributed by atoms with Crippen LogP contribution in [0.5, 0.6) is 0 Å². The third kappa shape index (κ3) is 1.99. The van der Waals surface area contributed by atoms with E-state index in [1.807, 2.05) is 12.3 Å². The van der Waals surface area contributed by atoms with Gasteiger partial charge in [-0.25, -0.2) is 0 Å². The van der Waals surface area contributed by atoms with E-state index < -0.39 is 0 Å². The topological polar surface area (TPSA) is 30.7 Å². The number of fused-ring (bicyclic) bond motifs is 3. The number of hydrogen-bond donors (Lipinski definition) is 0. The molecule has 3 nitrogen and oxygen atoms in total. The molecule has 2 heterocycles. The molecule has 2 aromatic heterocycles. The summed E-state index contributed by atoms with van der Waals surface area (Å²) >= 11 is 0. The Labute approximate surface area is 113 Å². The van der Waals surface area contributed by atoms with Gasteiger partial charge in [-0.3, -0.25) is 9.67 Å². The Morgan fingerprint density at radius 2 is 1.95 bits per heavy atom. The molecular weight excluding hydrogens is 234 g/mol. The van der Waals surface area contributed by atoms with Crippen molar-refractivity contribution in [2.75, 3.05) is 0 Å². The van der Waals surface area contributed by atoms with Crippen LogP contribution in [0, 0.1) is 0 Å². The average Bonchev–Trinajstić information content (AvgIpc) is 2.83. The Morgan fingerprint density at radius 1 is 1.11 bits per heavy atom. The first kappa shape index (κ1) is 12.2. The zero-order valence-electron chi connectivity index (χ0n) is 11.6. The van der Waals surface area contributed by atoms with Crippen LogP contribution in [0.1, 0.15) is 32.4 Å². The van der Waals surface area contributed by atoms with Crippen LogP contribution in [0.4, 0.5) is 0 Å². The summed E-state index contributed by atoms with van der Waals surface area (Å²) in [4.78, 5) is 4.50. The van der Waals surface area contributed by atoms with Crippen LogP contribution in [0.2, 0.25) is 0 Å². The first-order valence-electron chi connectivity index (χ1n) is 7.08. The molecule has 0 aliphatic heterocycles. The second kappa shape index (κ2) is 5.00. The molecule has 3 heteroatoms. The molecule has 1 aromatic carbocycles. The molecule has 0 aliphatic carbocycles. The molecule has 0 saturated heterocycles. The van der Waals surface area contributed by atoms with Crippen LogP contribution in [0.15, 0.2) is 30.5 Å². The molecular formula is C16H19N3. The molecule has 3 aromatic rings. The van der Waals surface area contributed by atoms with E-state index in [1.165, 1.54) is 29.3 Å². The minimum Gasteiger partial charge on any atom is -0.268 e. The first-order valence-corrected chi connectivity index (χ1v) is 7.08. The Hall–Kier alpha value is -1.90. The van der Waals surface area contributed by atoms with Gasteiger partial charge in [-0.2, -0.15) is 5.10 Å². The molecule has 98 valence electrons. The van der Waals surface area contributed by atoms with Gasteiger partial charge in [0.15, 0.2) is 0 Å². The van der Waals surface area contributed by atoms with Crippen LogP contribution in [-0.2, 0) is 13.0 Å². The summed E-state index contributed by atoms with van der Waals surface area (Å²) in [7, 11) is 0. The van der Waals surface area contributed by atoms with Gasteiger partial charge in [-0.05, 0) is 18.9 Å². The van der Waals surface area contributed by atoms with Crippen molar-refractivity contribution in [3.8, 4) is 0 Å². The van der Waals surface area contributed by atoms with E-state index in [0.717, 1.165) is 24.0 Å². The number of aromatic nitrogens is 3. The highest BCUT2D eigenvalue weighted by molar-refractivity contribution is 6.05. The molecule has 0 atom stereocenters. The van der Waals surface area contributed by atoms with E-state index in [0.29, 0.717) is 0 Å². The van der Waals surface area contributed by atoms with E-state index >= 15 is 0 Å². The maximum Gasteiger partial charge on any atom is 0.112 e. The number of hydrogen-bond acceptors (Lipinski definition) is 2. The molecule has 0 bridgehead atoms. The van der Waals surface area contributed by atoms with Gasteiger partial charge in [0.25, 0.3) is 0 Å². The quantitative estimate of drug-likeness (QED) is 0.705. The van der Waals surface area contributed by atoms with Gasteiger partial charge < -0.3 is 0 Å². The lowest BCUT2D eigenvalue weighted by molar-refractivity contribution is 0.556. The number of unbranched alkanes of at least 4 members (excludes halogenated alkanes) is 1. The number of nitrogens with zero attached hydrogens (tertiary/aromatic N) is 3. The highest BCUT2D eigenvalue weighted by atomic mass is 15.3. The Bertz CT molecular complexity index is 712. The third-order valence-electron chi connectivity index (χ3n) is 3.64. The van der Waals surface area contributed by atoms with Crippen LogP contribution < -0.4 is 0 Å². The number of pyridine rings is 1. The summed E-state index contributed by atoms with van der Waals surface area (Å²) in [6.07, 6.45) is 5.28. The molecule has 0 spiro atoms. The highest BCUT2D eigenvalue weighted by Crippen LogP contribution is 2.27. The van der Waals surface area contributed by atoms with Gasteiger partial charge in [-0.15, -0.1) is 0 Å². The molecule has 0 saturated carbocycles. The van der Waals surface area contributed by atoms with E-state index in [9.17, 15) is 0 Å². The monoisotopic (exact) mass is 253 g/mol. The Kier molecular flexibility index (Phi) is 3.20. The largest absolute Gasteiger partial charge is 0.268 e. The van der Waals surface area contributed by atoms with Crippen LogP contribution >= 0.6 is 0 Å². The molecule has 0 unspecified atom stereocenters. The van der Waals surface area contributed by atoms with Crippen LogP contribution in [-0.4, -0.2) is 14.8 Å². The van der Waals surface area contributed by atoms with Crippen molar-refractivity contribution in [1.29, 1.82) is 0 Å². The second-order valence-electron chi connectivity index (χ2n) is 4.91. The van der Waals surface area contributed by atoms with Gasteiger partial charge in [0.1, 0.15) is 5.52 Å². The maximum atomic E-state index is 4.73. The summed E-state index contributed by atoms with van der Waals surface area (Å²) < 4.78 is 2.17. The maximum absolute atomic E-state index is 4.73. The summed E-state index contributed by atoms with van der Waals surface area (Å²) in [5, 5.41) is 7.23. The number of para-hydroxylation sites is 1. The normalized spacial score (nSPS) is 11.5. The summed E-state index contributed by atoms with van der Waals surface area (Å²) in [6.45, 7) is 5.42. The Balaban J connectivity index is 2.28. The van der Waals surface area contributed by atoms with Gasteiger partial charge in [0.2, 0.25) is 0 Å². The van der Waals surface area contributed by atoms with Crippen molar-refractivity contribution >= 4 is 21.8 Å². The fourth-order valence-electron chi connectivity index (χ4n) is 2.68. The zero-order chi connectivity index (χ0) is 13.2. The third-order valence-corrected chi connectivity index (χ3v) is 3.64. The van der Waals surface area contributed by atoms with Crippen molar-refractivity contribution in [3.63, 3.8) is 0 Å². The minimum atomic E-state index is 1.00. The van der Waals surface area contributed by atoms with E-state index in [2.05, 4.69) is 41.7 Å². The molecule has 19 heavy (non-hydrogen) atoms. The lowest BCUT2D eigenvalue weighted by Gasteiger charge is -2.05. The number of rotatable bonds is 4. The minimum absolute atomic E-state index is 1.00. The van der Waals surface area contributed by atoms with Crippen molar-refractivity contribution in [3.05, 3.63) is 36.2 Å². The molecule has 3 rings (SSSR count). The standard InChI is InChI=1S/C16H19N3/c1-3-5-10-19-15(4-2)16-12-8-6-7-9-13(12)17-11-14(16)18-19/h6-9,11H,3-5,10H2,1-2H3. The van der Waals surface area contributed by atoms with Crippen molar-refractivity contribution < 1.29 is 0 Å². The van der Waals surface area contributed by atoms with Gasteiger partial charge in [0.05, 0.1) is 11.7 Å². The summed E-state index contributed by atoms with van der Waals surface area (Å²) in [6, 6.07) is 8.33.